The van der Waals surface area contributed by atoms with Crippen LogP contribution in [0.15, 0.2) is 59.6 Å². The lowest BCUT2D eigenvalue weighted by Gasteiger charge is -2.30. The molecule has 70 heavy (non-hydrogen) atoms. The number of nitrogens with one attached hydrogen (secondary N) is 2. The second-order valence-corrected chi connectivity index (χ2v) is 20.6. The number of nitrogens with two attached hydrogens (primary N) is 1. The fourth-order valence-electron chi connectivity index (χ4n) is 8.45. The topological polar surface area (TPSA) is 226 Å². The van der Waals surface area contributed by atoms with Crippen LogP contribution in [0.1, 0.15) is 160 Å². The lowest BCUT2D eigenvalue weighted by Crippen LogP contribution is -2.46. The number of halogens is 1. The first kappa shape index (κ1) is 56.4. The number of phosphoric ester groups is 1. The second kappa shape index (κ2) is 28.5. The molecule has 6 atom stereocenters. The van der Waals surface area contributed by atoms with Gasteiger partial charge < -0.3 is 43.7 Å². The zero-order valence-electron chi connectivity index (χ0n) is 41.6. The van der Waals surface area contributed by atoms with Crippen LogP contribution in [0.25, 0.3) is 0 Å². The van der Waals surface area contributed by atoms with Gasteiger partial charge in [-0.3, -0.25) is 14.5 Å². The van der Waals surface area contributed by atoms with Crippen molar-refractivity contribution in [3.8, 4) is 29.4 Å². The van der Waals surface area contributed by atoms with E-state index in [9.17, 15) is 15.1 Å². The molecule has 3 aromatic rings. The summed E-state index contributed by atoms with van der Waals surface area (Å²) in [7, 11) is -4.71. The summed E-state index contributed by atoms with van der Waals surface area (Å²) in [5.74, 6) is -0.357. The number of benzene rings is 2. The number of H-pyrrole nitrogens is 1. The Morgan fingerprint density at radius 3 is 2.14 bits per heavy atom. The molecule has 0 aliphatic carbocycles. The SMILES string of the molecule is CCCCCCCCCCCCCCCCCCOC[C@H](COP(=O)(OC[C@@]1(C#N)O[C@@H](c2ccc(/C(N)=N\C=N)[nH]2)[C@@H]2OC(C)(C)O[C@@H]21)Oc1ccccc1Cl)Oc1ccc(C#N)c(OC(C)C)c1. The van der Waals surface area contributed by atoms with E-state index in [0.29, 0.717) is 35.1 Å². The van der Waals surface area contributed by atoms with Gasteiger partial charge in [0, 0.05) is 18.4 Å². The Labute approximate surface area is 419 Å². The maximum Gasteiger partial charge on any atom is 0.530 e. The predicted molar refractivity (Wildman–Crippen MR) is 270 cm³/mol. The summed E-state index contributed by atoms with van der Waals surface area (Å²) < 4.78 is 70.5. The minimum atomic E-state index is -4.71. The number of aromatic amines is 1. The Kier molecular flexibility index (Phi) is 23.0. The summed E-state index contributed by atoms with van der Waals surface area (Å²) in [4.78, 5) is 6.97. The molecular weight excluding hydrogens is 935 g/mol. The summed E-state index contributed by atoms with van der Waals surface area (Å²) in [6.45, 7) is 8.88. The highest BCUT2D eigenvalue weighted by atomic mass is 35.5. The summed E-state index contributed by atoms with van der Waals surface area (Å²) in [6.07, 6.45) is 17.2. The molecule has 1 unspecified atom stereocenters. The van der Waals surface area contributed by atoms with E-state index in [4.69, 9.17) is 64.7 Å². The van der Waals surface area contributed by atoms with Gasteiger partial charge in [-0.05, 0) is 70.5 Å². The highest BCUT2D eigenvalue weighted by molar-refractivity contribution is 7.49. The molecule has 0 radical (unpaired) electrons. The van der Waals surface area contributed by atoms with Crippen molar-refractivity contribution in [3.63, 3.8) is 0 Å². The van der Waals surface area contributed by atoms with Crippen LogP contribution in [0, 0.1) is 28.1 Å². The average molecular weight is 1010 g/mol. The third-order valence-corrected chi connectivity index (χ3v) is 13.6. The number of hydrogen-bond acceptors (Lipinski definition) is 13. The lowest BCUT2D eigenvalue weighted by molar-refractivity contribution is -0.204. The number of amidine groups is 1. The Hall–Kier alpha value is -4.48. The van der Waals surface area contributed by atoms with E-state index in [2.05, 4.69) is 29.0 Å². The van der Waals surface area contributed by atoms with Crippen LogP contribution >= 0.6 is 19.4 Å². The van der Waals surface area contributed by atoms with Gasteiger partial charge in [0.2, 0.25) is 5.60 Å². The van der Waals surface area contributed by atoms with Crippen molar-refractivity contribution in [1.29, 1.82) is 15.9 Å². The molecule has 16 nitrogen and oxygen atoms in total. The largest absolute Gasteiger partial charge is 0.530 e. The first-order valence-electron chi connectivity index (χ1n) is 25.0. The third kappa shape index (κ3) is 17.4. The first-order chi connectivity index (χ1) is 33.7. The zero-order chi connectivity index (χ0) is 50.4. The van der Waals surface area contributed by atoms with Crippen molar-refractivity contribution in [2.75, 3.05) is 26.4 Å². The number of unbranched alkanes of at least 4 members (excludes halogenated alkanes) is 15. The monoisotopic (exact) mass is 1010 g/mol. The molecule has 2 aliphatic heterocycles. The van der Waals surface area contributed by atoms with Crippen molar-refractivity contribution in [2.45, 2.75) is 179 Å². The molecule has 4 N–H and O–H groups in total. The number of fused-ring (bicyclic) bond motifs is 1. The number of ether oxygens (including phenoxy) is 6. The number of rotatable bonds is 34. The fraction of sp³-hybridized carbons (Fsp3) is 0.615. The standard InChI is InChI=1S/C52H74ClN6O10P/c1-6-7-8-9-10-11-12-13-14-15-16-17-18-19-20-23-30-61-33-41(65-40-27-26-39(32-54)46(31-40)64-38(2)3)34-62-70(60,69-45-25-22-21-24-42(45)53)63-36-52(35-55)49-48(66-51(4,5)68-49)47(67-52)43-28-29-44(59-43)50(57)58-37-56/h21-22,24-29,31,37-38,41,47-49,59H,6-20,23,30,33-34,36H2,1-5H3,(H3,56,57,58)/t41-,47+,48+,49+,52-,70?/m1/s1. The van der Waals surface area contributed by atoms with Crippen molar-refractivity contribution in [2.24, 2.45) is 10.7 Å². The van der Waals surface area contributed by atoms with Gasteiger partial charge in [-0.2, -0.15) is 10.5 Å². The van der Waals surface area contributed by atoms with Crippen LogP contribution in [0.2, 0.25) is 5.02 Å². The normalized spacial score (nSPS) is 20.9. The molecular formula is C52H74ClN6O10P. The van der Waals surface area contributed by atoms with E-state index in [1.54, 1.807) is 62.4 Å². The molecule has 2 fully saturated rings. The van der Waals surface area contributed by atoms with E-state index in [1.165, 1.54) is 89.5 Å². The molecule has 0 bridgehead atoms. The van der Waals surface area contributed by atoms with Gasteiger partial charge in [0.25, 0.3) is 0 Å². The van der Waals surface area contributed by atoms with Crippen molar-refractivity contribution < 1.29 is 46.6 Å². The Bertz CT molecular complexity index is 2250. The Morgan fingerprint density at radius 1 is 0.871 bits per heavy atom. The second-order valence-electron chi connectivity index (χ2n) is 18.6. The third-order valence-electron chi connectivity index (χ3n) is 12.0. The highest BCUT2D eigenvalue weighted by Crippen LogP contribution is 2.55. The van der Waals surface area contributed by atoms with Crippen molar-refractivity contribution in [3.05, 3.63) is 76.6 Å². The minimum absolute atomic E-state index is 0.00561. The van der Waals surface area contributed by atoms with Crippen molar-refractivity contribution >= 4 is 31.6 Å². The number of hydrogen-bond donors (Lipinski definition) is 3. The minimum Gasteiger partial charge on any atom is -0.489 e. The van der Waals surface area contributed by atoms with E-state index < -0.39 is 50.2 Å². The van der Waals surface area contributed by atoms with E-state index in [1.807, 2.05) is 13.8 Å². The number of nitrogens with zero attached hydrogens (tertiary/aromatic N) is 3. The molecule has 1 aromatic heterocycles. The summed E-state index contributed by atoms with van der Waals surface area (Å²) >= 11 is 6.50. The number of phosphoric acid groups is 1. The van der Waals surface area contributed by atoms with Crippen LogP contribution in [-0.2, 0) is 32.6 Å². The van der Waals surface area contributed by atoms with Gasteiger partial charge >= 0.3 is 7.82 Å². The smallest absolute Gasteiger partial charge is 0.489 e. The maximum absolute atomic E-state index is 15.0. The maximum atomic E-state index is 15.0. The number of aliphatic imine (C=N–C) groups is 1. The highest BCUT2D eigenvalue weighted by Gasteiger charge is 2.65. The number of aromatic nitrogens is 1. The predicted octanol–water partition coefficient (Wildman–Crippen LogP) is 12.4. The molecule has 0 saturated carbocycles. The van der Waals surface area contributed by atoms with Gasteiger partial charge in [-0.25, -0.2) is 9.56 Å². The average Bonchev–Trinajstić information content (AvgIpc) is 4.03. The van der Waals surface area contributed by atoms with Gasteiger partial charge in [-0.1, -0.05) is 127 Å². The molecule has 384 valence electrons. The molecule has 2 saturated heterocycles. The fourth-order valence-corrected chi connectivity index (χ4v) is 9.96. The lowest BCUT2D eigenvalue weighted by atomic mass is 9.96. The van der Waals surface area contributed by atoms with Crippen molar-refractivity contribution in [1.82, 2.24) is 4.98 Å². The quantitative estimate of drug-likeness (QED) is 0.0219. The van der Waals surface area contributed by atoms with Crippen LogP contribution in [-0.4, -0.2) is 79.4 Å². The van der Waals surface area contributed by atoms with Gasteiger partial charge in [-0.15, -0.1) is 0 Å². The first-order valence-corrected chi connectivity index (χ1v) is 26.8. The van der Waals surface area contributed by atoms with Gasteiger partial charge in [0.15, 0.2) is 5.79 Å². The summed E-state index contributed by atoms with van der Waals surface area (Å²) in [6, 6.07) is 19.0. The van der Waals surface area contributed by atoms with E-state index in [0.717, 1.165) is 25.6 Å². The molecule has 2 aromatic carbocycles. The van der Waals surface area contributed by atoms with Crippen LogP contribution < -0.4 is 19.7 Å². The number of para-hydroxylation sites is 1. The Morgan fingerprint density at radius 2 is 1.53 bits per heavy atom. The van der Waals surface area contributed by atoms with Gasteiger partial charge in [0.05, 0.1) is 35.6 Å². The van der Waals surface area contributed by atoms with Crippen LogP contribution in [0.4, 0.5) is 0 Å². The zero-order valence-corrected chi connectivity index (χ0v) is 43.3. The molecule has 0 amide bonds. The summed E-state index contributed by atoms with van der Waals surface area (Å²) in [5, 5.41) is 28.0. The molecule has 3 heterocycles. The molecule has 0 spiro atoms. The van der Waals surface area contributed by atoms with E-state index >= 15 is 0 Å². The van der Waals surface area contributed by atoms with Gasteiger partial charge in [0.1, 0.15) is 72.6 Å². The van der Waals surface area contributed by atoms with E-state index in [-0.39, 0.29) is 35.9 Å². The van der Waals surface area contributed by atoms with Crippen LogP contribution in [0.3, 0.4) is 0 Å². The molecule has 5 rings (SSSR count). The van der Waals surface area contributed by atoms with Crippen LogP contribution in [0.5, 0.6) is 17.2 Å². The molecule has 2 aliphatic rings. The molecule has 18 heteroatoms. The number of nitriles is 2. The summed E-state index contributed by atoms with van der Waals surface area (Å²) in [5.41, 5.74) is 5.38. The Balaban J connectivity index is 1.24.